The number of aryl methyl sites for hydroxylation is 2. The summed E-state index contributed by atoms with van der Waals surface area (Å²) in [5.41, 5.74) is 4.76. The highest BCUT2D eigenvalue weighted by Crippen LogP contribution is 2.30. The molecule has 0 atom stereocenters. The van der Waals surface area contributed by atoms with Crippen molar-refractivity contribution in [3.8, 4) is 0 Å². The number of nitrogens with zero attached hydrogens (tertiary/aromatic N) is 4. The Hall–Kier alpha value is -2.67. The molecule has 7 heteroatoms. The van der Waals surface area contributed by atoms with E-state index in [0.717, 1.165) is 73.7 Å². The summed E-state index contributed by atoms with van der Waals surface area (Å²) < 4.78 is 40.1. The Bertz CT molecular complexity index is 1010. The summed E-state index contributed by atoms with van der Waals surface area (Å²) in [4.78, 5) is 7.17. The topological polar surface area (TPSA) is 34.0 Å². The summed E-state index contributed by atoms with van der Waals surface area (Å²) >= 11 is 0. The van der Waals surface area contributed by atoms with Crippen LogP contribution in [0.2, 0.25) is 0 Å². The highest BCUT2D eigenvalue weighted by Gasteiger charge is 2.30. The van der Waals surface area contributed by atoms with E-state index in [9.17, 15) is 13.2 Å². The summed E-state index contributed by atoms with van der Waals surface area (Å²) in [6.45, 7) is 8.09. The third kappa shape index (κ3) is 5.38. The van der Waals surface area contributed by atoms with Gasteiger partial charge in [-0.15, -0.1) is 0 Å². The molecule has 1 saturated heterocycles. The number of piperidine rings is 1. The second-order valence-corrected chi connectivity index (χ2v) is 8.61. The van der Waals surface area contributed by atoms with Crippen LogP contribution < -0.4 is 0 Å². The van der Waals surface area contributed by atoms with Crippen molar-refractivity contribution in [3.63, 3.8) is 0 Å². The van der Waals surface area contributed by atoms with E-state index in [1.54, 1.807) is 12.1 Å². The van der Waals surface area contributed by atoms with Crippen LogP contribution in [0, 0.1) is 6.92 Å². The number of hydrogen-bond acceptors (Lipinski definition) is 3. The fraction of sp³-hybridized carbons (Fsp3) is 0.440. The van der Waals surface area contributed by atoms with E-state index >= 15 is 0 Å². The molecule has 0 N–H and O–H groups in total. The fourth-order valence-corrected chi connectivity index (χ4v) is 4.33. The molecule has 1 aliphatic heterocycles. The molecule has 1 fully saturated rings. The van der Waals surface area contributed by atoms with E-state index in [1.165, 1.54) is 5.56 Å². The monoisotopic (exact) mass is 442 g/mol. The molecule has 0 spiro atoms. The molecule has 4 rings (SSSR count). The van der Waals surface area contributed by atoms with Crippen LogP contribution in [0.3, 0.4) is 0 Å². The average Bonchev–Trinajstić information content (AvgIpc) is 3.14. The van der Waals surface area contributed by atoms with Crippen molar-refractivity contribution >= 4 is 0 Å². The first-order valence-corrected chi connectivity index (χ1v) is 11.2. The Morgan fingerprint density at radius 2 is 1.69 bits per heavy atom. The van der Waals surface area contributed by atoms with Gasteiger partial charge in [-0.3, -0.25) is 14.6 Å². The van der Waals surface area contributed by atoms with Gasteiger partial charge in [0.1, 0.15) is 0 Å². The number of aromatic nitrogens is 3. The van der Waals surface area contributed by atoms with Gasteiger partial charge in [0.15, 0.2) is 0 Å². The van der Waals surface area contributed by atoms with Gasteiger partial charge in [-0.05, 0) is 75.5 Å². The Kier molecular flexibility index (Phi) is 6.65. The number of benzene rings is 1. The second kappa shape index (κ2) is 9.45. The third-order valence-electron chi connectivity index (χ3n) is 6.31. The zero-order valence-electron chi connectivity index (χ0n) is 18.6. The lowest BCUT2D eigenvalue weighted by Crippen LogP contribution is -2.32. The van der Waals surface area contributed by atoms with E-state index < -0.39 is 11.7 Å². The van der Waals surface area contributed by atoms with E-state index in [-0.39, 0.29) is 0 Å². The van der Waals surface area contributed by atoms with Gasteiger partial charge in [0.25, 0.3) is 0 Å². The molecule has 4 nitrogen and oxygen atoms in total. The maximum atomic E-state index is 12.7. The maximum Gasteiger partial charge on any atom is 0.416 e. The third-order valence-corrected chi connectivity index (χ3v) is 6.31. The summed E-state index contributed by atoms with van der Waals surface area (Å²) in [7, 11) is 0. The molecule has 1 aromatic carbocycles. The normalized spacial score (nSPS) is 15.9. The van der Waals surface area contributed by atoms with Crippen LogP contribution in [0.4, 0.5) is 13.2 Å². The van der Waals surface area contributed by atoms with Crippen LogP contribution in [-0.2, 0) is 25.7 Å². The summed E-state index contributed by atoms with van der Waals surface area (Å²) in [5, 5.41) is 4.54. The van der Waals surface area contributed by atoms with Crippen molar-refractivity contribution in [3.05, 3.63) is 82.4 Å². The number of rotatable bonds is 6. The number of pyridine rings is 1. The number of hydrogen-bond donors (Lipinski definition) is 0. The largest absolute Gasteiger partial charge is 0.416 e. The quantitative estimate of drug-likeness (QED) is 0.499. The first kappa shape index (κ1) is 22.5. The van der Waals surface area contributed by atoms with E-state index in [2.05, 4.69) is 47.2 Å². The van der Waals surface area contributed by atoms with Gasteiger partial charge in [0, 0.05) is 42.7 Å². The lowest BCUT2D eigenvalue weighted by atomic mass is 9.92. The predicted octanol–water partition coefficient (Wildman–Crippen LogP) is 5.60. The molecule has 1 aliphatic rings. The summed E-state index contributed by atoms with van der Waals surface area (Å²) in [6, 6.07) is 9.49. The zero-order valence-corrected chi connectivity index (χ0v) is 18.6. The Balaban J connectivity index is 1.30. The van der Waals surface area contributed by atoms with Crippen molar-refractivity contribution < 1.29 is 13.2 Å². The maximum absolute atomic E-state index is 12.7. The van der Waals surface area contributed by atoms with E-state index in [4.69, 9.17) is 0 Å². The molecule has 170 valence electrons. The van der Waals surface area contributed by atoms with Gasteiger partial charge in [0.05, 0.1) is 11.3 Å². The first-order chi connectivity index (χ1) is 15.3. The van der Waals surface area contributed by atoms with E-state index in [1.807, 2.05) is 10.9 Å². The van der Waals surface area contributed by atoms with Crippen LogP contribution in [0.5, 0.6) is 0 Å². The molecule has 3 heterocycles. The van der Waals surface area contributed by atoms with Gasteiger partial charge in [0.2, 0.25) is 0 Å². The summed E-state index contributed by atoms with van der Waals surface area (Å²) in [5.74, 6) is 0.450. The van der Waals surface area contributed by atoms with Crippen molar-refractivity contribution in [2.24, 2.45) is 0 Å². The zero-order chi connectivity index (χ0) is 22.7. The summed E-state index contributed by atoms with van der Waals surface area (Å²) in [6.07, 6.45) is 2.45. The van der Waals surface area contributed by atoms with Crippen molar-refractivity contribution in [2.75, 3.05) is 13.1 Å². The molecule has 0 saturated carbocycles. The lowest BCUT2D eigenvalue weighted by molar-refractivity contribution is -0.137. The molecule has 0 unspecified atom stereocenters. The molecule has 32 heavy (non-hydrogen) atoms. The van der Waals surface area contributed by atoms with Gasteiger partial charge >= 0.3 is 6.18 Å². The molecule has 3 aromatic rings. The number of halogens is 3. The molecular weight excluding hydrogens is 413 g/mol. The van der Waals surface area contributed by atoms with E-state index in [0.29, 0.717) is 12.3 Å². The SMILES string of the molecule is CCn1cc(CN2CCC(c3ccc(Cc4ccc(C(F)(F)F)cc4)cn3)CC2)c(C)n1. The van der Waals surface area contributed by atoms with Gasteiger partial charge in [-0.2, -0.15) is 18.3 Å². The fourth-order valence-electron chi connectivity index (χ4n) is 4.33. The average molecular weight is 443 g/mol. The molecule has 0 amide bonds. The van der Waals surface area contributed by atoms with Crippen molar-refractivity contribution in [2.45, 2.75) is 58.3 Å². The Morgan fingerprint density at radius 3 is 2.25 bits per heavy atom. The predicted molar refractivity (Wildman–Crippen MR) is 118 cm³/mol. The van der Waals surface area contributed by atoms with Gasteiger partial charge in [-0.25, -0.2) is 0 Å². The number of likely N-dealkylation sites (tertiary alicyclic amines) is 1. The Labute approximate surface area is 187 Å². The minimum absolute atomic E-state index is 0.450. The van der Waals surface area contributed by atoms with Crippen LogP contribution in [0.25, 0.3) is 0 Å². The van der Waals surface area contributed by atoms with Crippen LogP contribution >= 0.6 is 0 Å². The van der Waals surface area contributed by atoms with Crippen molar-refractivity contribution in [1.29, 1.82) is 0 Å². The van der Waals surface area contributed by atoms with Gasteiger partial charge < -0.3 is 0 Å². The highest BCUT2D eigenvalue weighted by atomic mass is 19.4. The highest BCUT2D eigenvalue weighted by molar-refractivity contribution is 5.29. The minimum Gasteiger partial charge on any atom is -0.299 e. The number of alkyl halides is 3. The minimum atomic E-state index is -4.30. The molecular formula is C25H29F3N4. The van der Waals surface area contributed by atoms with Crippen LogP contribution in [0.15, 0.2) is 48.8 Å². The first-order valence-electron chi connectivity index (χ1n) is 11.2. The molecule has 2 aromatic heterocycles. The van der Waals surface area contributed by atoms with Crippen LogP contribution in [-0.4, -0.2) is 32.8 Å². The van der Waals surface area contributed by atoms with Gasteiger partial charge in [-0.1, -0.05) is 18.2 Å². The molecule has 0 aliphatic carbocycles. The Morgan fingerprint density at radius 1 is 1.00 bits per heavy atom. The smallest absolute Gasteiger partial charge is 0.299 e. The second-order valence-electron chi connectivity index (χ2n) is 8.61. The van der Waals surface area contributed by atoms with Crippen molar-refractivity contribution in [1.82, 2.24) is 19.7 Å². The standard InChI is InChI=1S/C25H29F3N4/c1-3-32-17-22(18(2)30-32)16-31-12-10-21(11-13-31)24-9-6-20(15-29-24)14-19-4-7-23(8-5-19)25(26,27)28/h4-9,15,17,21H,3,10-14,16H2,1-2H3. The molecule has 0 radical (unpaired) electrons. The lowest BCUT2D eigenvalue weighted by Gasteiger charge is -2.31. The van der Waals surface area contributed by atoms with Crippen LogP contribution in [0.1, 0.15) is 59.3 Å². The molecule has 0 bridgehead atoms.